The maximum Gasteiger partial charge on any atom is 0.0159 e. The molecule has 2 aliphatic carbocycles. The van der Waals surface area contributed by atoms with Crippen LogP contribution in [-0.2, 0) is 10.8 Å². The molecule has 0 saturated heterocycles. The molecule has 0 atom stereocenters. The summed E-state index contributed by atoms with van der Waals surface area (Å²) in [4.78, 5) is 0. The van der Waals surface area contributed by atoms with Crippen LogP contribution in [0.1, 0.15) is 49.9 Å². The van der Waals surface area contributed by atoms with Gasteiger partial charge in [0, 0.05) is 10.8 Å². The second kappa shape index (κ2) is 11.9. The number of hydrogen-bond donors (Lipinski definition) is 0. The molecular formula is C58H42. The van der Waals surface area contributed by atoms with E-state index >= 15 is 0 Å². The Morgan fingerprint density at radius 2 is 0.724 bits per heavy atom. The molecule has 0 aliphatic heterocycles. The summed E-state index contributed by atoms with van der Waals surface area (Å²) in [7, 11) is 0. The van der Waals surface area contributed by atoms with Crippen LogP contribution in [0.3, 0.4) is 0 Å². The molecule has 0 unspecified atom stereocenters. The molecule has 0 fully saturated rings. The van der Waals surface area contributed by atoms with Gasteiger partial charge in [-0.15, -0.1) is 0 Å². The standard InChI is InChI=1S/C58H42/c1-57(2)52-19-10-8-17-46(52)50-33-40(25-31-53(50)57)41-14-5-6-15-43(41)44-27-21-36-22-29-48-42(26-20-35-23-30-49(44)56(36)55(35)48)39-13-11-12-37(32-39)38-24-28-47-45-16-7-9-18-51(45)58(3,4)54(47)34-38/h5-34H,1-4H3. The molecule has 274 valence electrons. The second-order valence-corrected chi connectivity index (χ2v) is 17.6. The van der Waals surface area contributed by atoms with Crippen molar-refractivity contribution in [3.63, 3.8) is 0 Å². The van der Waals surface area contributed by atoms with E-state index in [0.29, 0.717) is 0 Å². The minimum Gasteiger partial charge on any atom is -0.0619 e. The SMILES string of the molecule is CC1(C)c2ccccc2-c2cc(-c3ccccc3-c3ccc4ccc5c(-c6cccc(-c7ccc8c(c7)C(C)(C)c7ccccc7-8)c6)ccc6ccc3c4c65)ccc21. The zero-order chi connectivity index (χ0) is 38.9. The van der Waals surface area contributed by atoms with Crippen LogP contribution >= 0.6 is 0 Å². The largest absolute Gasteiger partial charge is 0.0619 e. The third kappa shape index (κ3) is 4.58. The van der Waals surface area contributed by atoms with Gasteiger partial charge in [0.1, 0.15) is 0 Å². The number of hydrogen-bond acceptors (Lipinski definition) is 0. The highest BCUT2D eigenvalue weighted by Gasteiger charge is 2.36. The summed E-state index contributed by atoms with van der Waals surface area (Å²) in [5.41, 5.74) is 21.1. The van der Waals surface area contributed by atoms with E-state index < -0.39 is 0 Å². The zero-order valence-electron chi connectivity index (χ0n) is 33.3. The maximum absolute atomic E-state index is 2.43. The predicted octanol–water partition coefficient (Wildman–Crippen LogP) is 15.9. The first-order valence-electron chi connectivity index (χ1n) is 20.7. The predicted molar refractivity (Wildman–Crippen MR) is 247 cm³/mol. The van der Waals surface area contributed by atoms with Crippen LogP contribution in [0.5, 0.6) is 0 Å². The molecular weight excluding hydrogens is 697 g/mol. The van der Waals surface area contributed by atoms with Crippen molar-refractivity contribution in [1.82, 2.24) is 0 Å². The fraction of sp³-hybridized carbons (Fsp3) is 0.103. The van der Waals surface area contributed by atoms with Gasteiger partial charge in [-0.3, -0.25) is 0 Å². The highest BCUT2D eigenvalue weighted by molar-refractivity contribution is 6.28. The molecule has 0 N–H and O–H groups in total. The van der Waals surface area contributed by atoms with E-state index in [1.54, 1.807) is 0 Å². The number of fused-ring (bicyclic) bond motifs is 6. The fourth-order valence-electron chi connectivity index (χ4n) is 10.9. The summed E-state index contributed by atoms with van der Waals surface area (Å²) in [6, 6.07) is 68.8. The van der Waals surface area contributed by atoms with E-state index in [9.17, 15) is 0 Å². The molecule has 12 rings (SSSR count). The lowest BCUT2D eigenvalue weighted by Crippen LogP contribution is -2.14. The van der Waals surface area contributed by atoms with E-state index in [2.05, 4.69) is 210 Å². The molecule has 0 saturated carbocycles. The normalized spacial score (nSPS) is 14.5. The van der Waals surface area contributed by atoms with Crippen LogP contribution in [0.15, 0.2) is 182 Å². The highest BCUT2D eigenvalue weighted by atomic mass is 14.4. The Morgan fingerprint density at radius 1 is 0.259 bits per heavy atom. The summed E-state index contributed by atoms with van der Waals surface area (Å²) in [6.45, 7) is 9.43. The van der Waals surface area contributed by atoms with Crippen molar-refractivity contribution in [1.29, 1.82) is 0 Å². The Balaban J connectivity index is 0.986. The van der Waals surface area contributed by atoms with Gasteiger partial charge in [-0.25, -0.2) is 0 Å². The van der Waals surface area contributed by atoms with Crippen molar-refractivity contribution in [2.24, 2.45) is 0 Å². The molecule has 0 heterocycles. The van der Waals surface area contributed by atoms with Crippen molar-refractivity contribution >= 4 is 32.3 Å². The quantitative estimate of drug-likeness (QED) is 0.158. The van der Waals surface area contributed by atoms with E-state index in [-0.39, 0.29) is 10.8 Å². The lowest BCUT2D eigenvalue weighted by atomic mass is 9.81. The average molecular weight is 739 g/mol. The van der Waals surface area contributed by atoms with E-state index in [1.807, 2.05) is 0 Å². The number of rotatable bonds is 4. The molecule has 0 bridgehead atoms. The molecule has 10 aromatic rings. The maximum atomic E-state index is 2.43. The third-order valence-corrected chi connectivity index (χ3v) is 13.9. The fourth-order valence-corrected chi connectivity index (χ4v) is 10.9. The Morgan fingerprint density at radius 3 is 1.45 bits per heavy atom. The van der Waals surface area contributed by atoms with E-state index in [1.165, 1.54) is 121 Å². The van der Waals surface area contributed by atoms with Gasteiger partial charge in [0.05, 0.1) is 0 Å². The van der Waals surface area contributed by atoms with Gasteiger partial charge in [0.2, 0.25) is 0 Å². The lowest BCUT2D eigenvalue weighted by Gasteiger charge is -2.22. The molecule has 0 radical (unpaired) electrons. The van der Waals surface area contributed by atoms with E-state index in [4.69, 9.17) is 0 Å². The molecule has 0 aromatic heterocycles. The van der Waals surface area contributed by atoms with Gasteiger partial charge in [-0.05, 0) is 140 Å². The van der Waals surface area contributed by atoms with Crippen LogP contribution in [0, 0.1) is 0 Å². The Kier molecular flexibility index (Phi) is 6.84. The van der Waals surface area contributed by atoms with Gasteiger partial charge in [-0.2, -0.15) is 0 Å². The minimum atomic E-state index is -0.0322. The first-order chi connectivity index (χ1) is 28.3. The topological polar surface area (TPSA) is 0 Å². The molecule has 58 heavy (non-hydrogen) atoms. The molecule has 0 nitrogen and oxygen atoms in total. The summed E-state index contributed by atoms with van der Waals surface area (Å²) in [6.07, 6.45) is 0. The van der Waals surface area contributed by atoms with Crippen LogP contribution < -0.4 is 0 Å². The van der Waals surface area contributed by atoms with E-state index in [0.717, 1.165) is 0 Å². The lowest BCUT2D eigenvalue weighted by molar-refractivity contribution is 0.660. The summed E-state index contributed by atoms with van der Waals surface area (Å²) in [5.74, 6) is 0. The monoisotopic (exact) mass is 738 g/mol. The van der Waals surface area contributed by atoms with Crippen molar-refractivity contribution in [3.05, 3.63) is 204 Å². The summed E-state index contributed by atoms with van der Waals surface area (Å²) < 4.78 is 0. The average Bonchev–Trinajstić information content (AvgIpc) is 3.64. The third-order valence-electron chi connectivity index (χ3n) is 13.9. The van der Waals surface area contributed by atoms with Gasteiger partial charge in [0.25, 0.3) is 0 Å². The Hall–Kier alpha value is -6.76. The van der Waals surface area contributed by atoms with Crippen molar-refractivity contribution in [2.45, 2.75) is 38.5 Å². The molecule has 2 aliphatic rings. The Bertz CT molecular complexity index is 3330. The molecule has 0 heteroatoms. The zero-order valence-corrected chi connectivity index (χ0v) is 33.3. The van der Waals surface area contributed by atoms with Gasteiger partial charge in [0.15, 0.2) is 0 Å². The van der Waals surface area contributed by atoms with Crippen molar-refractivity contribution in [2.75, 3.05) is 0 Å². The highest BCUT2D eigenvalue weighted by Crippen LogP contribution is 2.52. The van der Waals surface area contributed by atoms with Crippen molar-refractivity contribution in [3.8, 4) is 66.8 Å². The van der Waals surface area contributed by atoms with Crippen LogP contribution in [-0.4, -0.2) is 0 Å². The second-order valence-electron chi connectivity index (χ2n) is 17.6. The van der Waals surface area contributed by atoms with Gasteiger partial charge < -0.3 is 0 Å². The first kappa shape index (κ1) is 33.4. The Labute approximate surface area is 340 Å². The van der Waals surface area contributed by atoms with Crippen molar-refractivity contribution < 1.29 is 0 Å². The van der Waals surface area contributed by atoms with Gasteiger partial charge >= 0.3 is 0 Å². The molecule has 0 amide bonds. The molecule has 0 spiro atoms. The molecule has 10 aromatic carbocycles. The number of benzene rings is 10. The van der Waals surface area contributed by atoms with Crippen LogP contribution in [0.25, 0.3) is 99.1 Å². The minimum absolute atomic E-state index is 0.0117. The summed E-state index contributed by atoms with van der Waals surface area (Å²) in [5, 5.41) is 7.82. The summed E-state index contributed by atoms with van der Waals surface area (Å²) >= 11 is 0. The van der Waals surface area contributed by atoms with Crippen LogP contribution in [0.2, 0.25) is 0 Å². The first-order valence-corrected chi connectivity index (χ1v) is 20.7. The smallest absolute Gasteiger partial charge is 0.0159 e. The van der Waals surface area contributed by atoms with Gasteiger partial charge in [-0.1, -0.05) is 191 Å². The van der Waals surface area contributed by atoms with Crippen LogP contribution in [0.4, 0.5) is 0 Å².